The first-order valence-electron chi connectivity index (χ1n) is 6.71. The molecule has 0 spiro atoms. The lowest BCUT2D eigenvalue weighted by Crippen LogP contribution is -2.49. The molecular weight excluding hydrogens is 377 g/mol. The lowest BCUT2D eigenvalue weighted by Gasteiger charge is -2.27. The highest BCUT2D eigenvalue weighted by molar-refractivity contribution is 6.68. The van der Waals surface area contributed by atoms with Crippen molar-refractivity contribution in [1.82, 2.24) is 5.32 Å². The van der Waals surface area contributed by atoms with Crippen molar-refractivity contribution in [3.8, 4) is 0 Å². The van der Waals surface area contributed by atoms with Crippen LogP contribution in [0.3, 0.4) is 0 Å². The number of para-hydroxylation sites is 1. The van der Waals surface area contributed by atoms with E-state index in [1.807, 2.05) is 6.07 Å². The summed E-state index contributed by atoms with van der Waals surface area (Å²) in [5, 5.41) is 16.2. The molecular formula is C15H12Cl3N3O3. The van der Waals surface area contributed by atoms with Gasteiger partial charge in [0.2, 0.25) is 3.79 Å². The summed E-state index contributed by atoms with van der Waals surface area (Å²) in [5.41, 5.74) is 0.510. The molecule has 6 nitrogen and oxygen atoms in total. The number of carbonyl (C=O) groups is 1. The Kier molecular flexibility index (Phi) is 5.88. The van der Waals surface area contributed by atoms with Crippen LogP contribution < -0.4 is 10.6 Å². The molecule has 0 fully saturated rings. The van der Waals surface area contributed by atoms with E-state index in [-0.39, 0.29) is 11.3 Å². The molecule has 0 saturated heterocycles. The number of nitrogens with zero attached hydrogens (tertiary/aromatic N) is 1. The van der Waals surface area contributed by atoms with Gasteiger partial charge in [-0.1, -0.05) is 59.1 Å². The predicted molar refractivity (Wildman–Crippen MR) is 94.7 cm³/mol. The van der Waals surface area contributed by atoms with Gasteiger partial charge in [0.15, 0.2) is 0 Å². The first-order valence-corrected chi connectivity index (χ1v) is 7.84. The fourth-order valence-electron chi connectivity index (χ4n) is 1.88. The summed E-state index contributed by atoms with van der Waals surface area (Å²) in [7, 11) is 0. The molecule has 0 radical (unpaired) electrons. The summed E-state index contributed by atoms with van der Waals surface area (Å²) in [6.07, 6.45) is -1.04. The number of benzene rings is 2. The maximum atomic E-state index is 12.3. The van der Waals surface area contributed by atoms with Gasteiger partial charge in [0.25, 0.3) is 11.6 Å². The lowest BCUT2D eigenvalue weighted by molar-refractivity contribution is -0.384. The summed E-state index contributed by atoms with van der Waals surface area (Å²) in [5.74, 6) is -0.613. The molecule has 2 N–H and O–H groups in total. The fourth-order valence-corrected chi connectivity index (χ4v) is 2.20. The Labute approximate surface area is 152 Å². The average Bonchev–Trinajstić information content (AvgIpc) is 2.54. The van der Waals surface area contributed by atoms with E-state index in [0.29, 0.717) is 5.69 Å². The van der Waals surface area contributed by atoms with Crippen LogP contribution in [-0.2, 0) is 0 Å². The molecule has 0 aromatic heterocycles. The van der Waals surface area contributed by atoms with Crippen LogP contribution >= 0.6 is 34.8 Å². The zero-order valence-corrected chi connectivity index (χ0v) is 14.3. The van der Waals surface area contributed by atoms with E-state index in [2.05, 4.69) is 10.6 Å². The summed E-state index contributed by atoms with van der Waals surface area (Å²) in [6.45, 7) is 0. The number of amides is 1. The first kappa shape index (κ1) is 18.3. The molecule has 1 atom stereocenters. The number of nitrogens with one attached hydrogen (secondary N) is 2. The molecule has 0 aliphatic rings. The number of halogens is 3. The summed E-state index contributed by atoms with van der Waals surface area (Å²) >= 11 is 17.7. The number of non-ortho nitro benzene ring substituents is 1. The van der Waals surface area contributed by atoms with Crippen molar-refractivity contribution in [2.75, 3.05) is 5.32 Å². The van der Waals surface area contributed by atoms with Gasteiger partial charge in [-0.25, -0.2) is 0 Å². The number of anilines is 1. The molecule has 1 unspecified atom stereocenters. The van der Waals surface area contributed by atoms with Crippen molar-refractivity contribution in [3.63, 3.8) is 0 Å². The minimum Gasteiger partial charge on any atom is -0.362 e. The fraction of sp³-hybridized carbons (Fsp3) is 0.133. The zero-order chi connectivity index (χ0) is 17.7. The van der Waals surface area contributed by atoms with E-state index < -0.39 is 20.8 Å². The van der Waals surface area contributed by atoms with Gasteiger partial charge < -0.3 is 10.6 Å². The van der Waals surface area contributed by atoms with Crippen LogP contribution in [0.2, 0.25) is 0 Å². The van der Waals surface area contributed by atoms with E-state index in [0.717, 1.165) is 6.07 Å². The zero-order valence-electron chi connectivity index (χ0n) is 12.1. The molecule has 0 bridgehead atoms. The van der Waals surface area contributed by atoms with Gasteiger partial charge >= 0.3 is 0 Å². The Balaban J connectivity index is 2.18. The van der Waals surface area contributed by atoms with Crippen LogP contribution in [0, 0.1) is 10.1 Å². The summed E-state index contributed by atoms with van der Waals surface area (Å²) in [4.78, 5) is 22.5. The number of hydrogen-bond acceptors (Lipinski definition) is 4. The van der Waals surface area contributed by atoms with E-state index in [9.17, 15) is 14.9 Å². The number of rotatable bonds is 5. The highest BCUT2D eigenvalue weighted by atomic mass is 35.6. The Hall–Kier alpha value is -2.02. The van der Waals surface area contributed by atoms with Crippen molar-refractivity contribution < 1.29 is 9.72 Å². The van der Waals surface area contributed by atoms with E-state index in [1.165, 1.54) is 18.2 Å². The third-order valence-corrected chi connectivity index (χ3v) is 3.66. The average molecular weight is 389 g/mol. The topological polar surface area (TPSA) is 84.3 Å². The molecule has 0 heterocycles. The van der Waals surface area contributed by atoms with E-state index >= 15 is 0 Å². The molecule has 0 saturated carbocycles. The Bertz CT molecular complexity index is 735. The molecule has 126 valence electrons. The number of carbonyl (C=O) groups excluding carboxylic acids is 1. The number of nitro benzene ring substituents is 1. The molecule has 0 aliphatic carbocycles. The van der Waals surface area contributed by atoms with Crippen molar-refractivity contribution in [1.29, 1.82) is 0 Å². The molecule has 2 rings (SSSR count). The van der Waals surface area contributed by atoms with Crippen LogP contribution in [0.5, 0.6) is 0 Å². The Morgan fingerprint density at radius 1 is 1.08 bits per heavy atom. The normalized spacial score (nSPS) is 12.3. The van der Waals surface area contributed by atoms with Gasteiger partial charge in [-0.2, -0.15) is 0 Å². The molecule has 2 aromatic carbocycles. The third-order valence-electron chi connectivity index (χ3n) is 3.01. The van der Waals surface area contributed by atoms with Crippen molar-refractivity contribution in [3.05, 3.63) is 70.3 Å². The molecule has 9 heteroatoms. The second kappa shape index (κ2) is 7.70. The highest BCUT2D eigenvalue weighted by Gasteiger charge is 2.34. The van der Waals surface area contributed by atoms with Gasteiger partial charge in [0.1, 0.15) is 6.17 Å². The largest absolute Gasteiger partial charge is 0.362 e. The quantitative estimate of drug-likeness (QED) is 0.349. The molecule has 1 amide bonds. The summed E-state index contributed by atoms with van der Waals surface area (Å²) in [6, 6.07) is 14.1. The maximum Gasteiger partial charge on any atom is 0.270 e. The van der Waals surface area contributed by atoms with Gasteiger partial charge in [0, 0.05) is 23.4 Å². The van der Waals surface area contributed by atoms with Gasteiger partial charge in [-0.15, -0.1) is 0 Å². The maximum absolute atomic E-state index is 12.3. The predicted octanol–water partition coefficient (Wildman–Crippen LogP) is 4.13. The highest BCUT2D eigenvalue weighted by Crippen LogP contribution is 2.31. The smallest absolute Gasteiger partial charge is 0.270 e. The SMILES string of the molecule is O=C(NC(Nc1ccccc1)C(Cl)(Cl)Cl)c1cccc([N+](=O)[O-])c1. The van der Waals surface area contributed by atoms with Crippen LogP contribution in [0.25, 0.3) is 0 Å². The monoisotopic (exact) mass is 387 g/mol. The van der Waals surface area contributed by atoms with Gasteiger partial charge in [-0.3, -0.25) is 14.9 Å². The van der Waals surface area contributed by atoms with Crippen LogP contribution in [-0.4, -0.2) is 20.8 Å². The van der Waals surface area contributed by atoms with Crippen molar-refractivity contribution in [2.45, 2.75) is 9.96 Å². The van der Waals surface area contributed by atoms with E-state index in [1.54, 1.807) is 24.3 Å². The number of alkyl halides is 3. The minimum absolute atomic E-state index is 0.0818. The Morgan fingerprint density at radius 3 is 2.33 bits per heavy atom. The molecule has 2 aromatic rings. The molecule has 24 heavy (non-hydrogen) atoms. The second-order valence-corrected chi connectivity index (χ2v) is 7.13. The second-order valence-electron chi connectivity index (χ2n) is 4.77. The van der Waals surface area contributed by atoms with Gasteiger partial charge in [0.05, 0.1) is 4.92 Å². The van der Waals surface area contributed by atoms with E-state index in [4.69, 9.17) is 34.8 Å². The van der Waals surface area contributed by atoms with Gasteiger partial charge in [-0.05, 0) is 18.2 Å². The number of hydrogen-bond donors (Lipinski definition) is 2. The summed E-state index contributed by atoms with van der Waals surface area (Å²) < 4.78 is -1.84. The minimum atomic E-state index is -1.84. The third kappa shape index (κ3) is 4.99. The van der Waals surface area contributed by atoms with Crippen LogP contribution in [0.4, 0.5) is 11.4 Å². The van der Waals surface area contributed by atoms with Crippen LogP contribution in [0.1, 0.15) is 10.4 Å². The first-order chi connectivity index (χ1) is 11.3. The van der Waals surface area contributed by atoms with Crippen LogP contribution in [0.15, 0.2) is 54.6 Å². The Morgan fingerprint density at radius 2 is 1.75 bits per heavy atom. The molecule has 0 aliphatic heterocycles. The number of nitro groups is 1. The van der Waals surface area contributed by atoms with Crippen molar-refractivity contribution >= 4 is 52.1 Å². The lowest BCUT2D eigenvalue weighted by atomic mass is 10.2. The standard InChI is InChI=1S/C15H12Cl3N3O3/c16-15(17,18)14(19-11-6-2-1-3-7-11)20-13(22)10-5-4-8-12(9-10)21(23)24/h1-9,14,19H,(H,20,22). The van der Waals surface area contributed by atoms with Crippen molar-refractivity contribution in [2.24, 2.45) is 0 Å².